The molecule has 0 radical (unpaired) electrons. The molecule has 0 spiro atoms. The van der Waals surface area contributed by atoms with Crippen molar-refractivity contribution in [1.82, 2.24) is 9.97 Å². The van der Waals surface area contributed by atoms with Gasteiger partial charge in [-0.3, -0.25) is 9.59 Å². The van der Waals surface area contributed by atoms with Crippen LogP contribution in [0.5, 0.6) is 0 Å². The van der Waals surface area contributed by atoms with Crippen molar-refractivity contribution in [3.05, 3.63) is 48.3 Å². The topological polar surface area (TPSA) is 84.4 Å². The van der Waals surface area contributed by atoms with E-state index in [4.69, 9.17) is 9.72 Å². The first-order chi connectivity index (χ1) is 15.9. The van der Waals surface area contributed by atoms with Crippen LogP contribution in [0.3, 0.4) is 0 Å². The summed E-state index contributed by atoms with van der Waals surface area (Å²) in [5, 5.41) is 4.70. The molecule has 2 aromatic heterocycles. The Hall–Kier alpha value is -3.22. The molecule has 1 N–H and O–H groups in total. The van der Waals surface area contributed by atoms with E-state index in [0.29, 0.717) is 24.5 Å². The van der Waals surface area contributed by atoms with Crippen LogP contribution in [-0.2, 0) is 19.7 Å². The summed E-state index contributed by atoms with van der Waals surface area (Å²) in [5.41, 5.74) is -0.302. The fraction of sp³-hybridized carbons (Fsp3) is 0.462. The molecule has 2 aliphatic rings. The zero-order chi connectivity index (χ0) is 23.4. The number of amides is 1. The number of nitrogens with zero attached hydrogens (tertiary/aromatic N) is 3. The zero-order valence-corrected chi connectivity index (χ0v) is 19.6. The summed E-state index contributed by atoms with van der Waals surface area (Å²) in [4.78, 5) is 37.2. The number of rotatable bonds is 6. The lowest BCUT2D eigenvalue weighted by molar-refractivity contribution is -0.148. The van der Waals surface area contributed by atoms with E-state index in [2.05, 4.69) is 15.2 Å². The number of hydrogen-bond donors (Lipinski definition) is 1. The van der Waals surface area contributed by atoms with Gasteiger partial charge in [-0.05, 0) is 44.7 Å². The van der Waals surface area contributed by atoms with Gasteiger partial charge in [-0.25, -0.2) is 9.97 Å². The van der Waals surface area contributed by atoms with Crippen molar-refractivity contribution in [2.45, 2.75) is 51.9 Å². The highest BCUT2D eigenvalue weighted by atomic mass is 16.5. The van der Waals surface area contributed by atoms with Crippen LogP contribution in [0.1, 0.15) is 52.1 Å². The molecule has 2 aromatic rings. The number of piperidine rings is 1. The van der Waals surface area contributed by atoms with Gasteiger partial charge in [0.1, 0.15) is 17.1 Å². The van der Waals surface area contributed by atoms with E-state index in [1.807, 2.05) is 57.2 Å². The molecule has 0 bridgehead atoms. The molecule has 0 saturated carbocycles. The number of carbonyl (C=O) groups excluding carboxylic acids is 2. The Morgan fingerprint density at radius 1 is 1.18 bits per heavy atom. The van der Waals surface area contributed by atoms with Crippen LogP contribution < -0.4 is 10.2 Å². The number of ether oxygens (including phenoxy) is 1. The molecule has 1 amide bonds. The Bertz CT molecular complexity index is 1100. The second-order valence-electron chi connectivity index (χ2n) is 9.00. The lowest BCUT2D eigenvalue weighted by Gasteiger charge is -2.32. The lowest BCUT2D eigenvalue weighted by atomic mass is 9.78. The van der Waals surface area contributed by atoms with Crippen molar-refractivity contribution < 1.29 is 14.3 Å². The van der Waals surface area contributed by atoms with Gasteiger partial charge in [0, 0.05) is 36.0 Å². The summed E-state index contributed by atoms with van der Waals surface area (Å²) < 4.78 is 5.48. The maximum Gasteiger partial charge on any atom is 0.322 e. The van der Waals surface area contributed by atoms with Crippen molar-refractivity contribution in [3.63, 3.8) is 0 Å². The van der Waals surface area contributed by atoms with Gasteiger partial charge in [-0.2, -0.15) is 0 Å². The van der Waals surface area contributed by atoms with Crippen LogP contribution in [0.2, 0.25) is 0 Å². The molecule has 1 saturated heterocycles. The van der Waals surface area contributed by atoms with Gasteiger partial charge < -0.3 is 15.0 Å². The normalized spacial score (nSPS) is 20.3. The molecule has 1 atom stereocenters. The zero-order valence-electron chi connectivity index (χ0n) is 19.6. The lowest BCUT2D eigenvalue weighted by Crippen LogP contribution is -2.38. The van der Waals surface area contributed by atoms with Crippen LogP contribution in [0, 0.1) is 5.92 Å². The first kappa shape index (κ1) is 23.0. The molecule has 33 heavy (non-hydrogen) atoms. The molecule has 7 nitrogen and oxygen atoms in total. The van der Waals surface area contributed by atoms with Crippen LogP contribution in [0.15, 0.2) is 42.6 Å². The third-order valence-corrected chi connectivity index (χ3v) is 6.29. The Morgan fingerprint density at radius 3 is 2.64 bits per heavy atom. The number of carbonyl (C=O) groups is 2. The molecular weight excluding hydrogens is 416 g/mol. The second kappa shape index (κ2) is 9.73. The fourth-order valence-corrected chi connectivity index (χ4v) is 4.37. The van der Waals surface area contributed by atoms with Crippen LogP contribution in [0.4, 0.5) is 11.6 Å². The molecule has 1 fully saturated rings. The number of anilines is 2. The van der Waals surface area contributed by atoms with Crippen LogP contribution in [-0.4, -0.2) is 41.5 Å². The molecular formula is C26H32N4O3. The highest BCUT2D eigenvalue weighted by molar-refractivity contribution is 5.98. The van der Waals surface area contributed by atoms with E-state index in [0.717, 1.165) is 42.5 Å². The van der Waals surface area contributed by atoms with E-state index in [-0.39, 0.29) is 17.8 Å². The highest BCUT2D eigenvalue weighted by Crippen LogP contribution is 2.38. The fourth-order valence-electron chi connectivity index (χ4n) is 4.37. The summed E-state index contributed by atoms with van der Waals surface area (Å²) in [6.45, 7) is 7.64. The molecule has 0 aromatic carbocycles. The van der Waals surface area contributed by atoms with Gasteiger partial charge in [0.2, 0.25) is 5.91 Å². The van der Waals surface area contributed by atoms with Gasteiger partial charge in [0.05, 0.1) is 12.3 Å². The largest absolute Gasteiger partial charge is 0.465 e. The summed E-state index contributed by atoms with van der Waals surface area (Å²) in [6.07, 6.45) is 13.3. The monoisotopic (exact) mass is 448 g/mol. The predicted octanol–water partition coefficient (Wildman–Crippen LogP) is 4.53. The first-order valence-corrected chi connectivity index (χ1v) is 11.8. The van der Waals surface area contributed by atoms with Crippen molar-refractivity contribution in [3.8, 4) is 0 Å². The number of hydrogen-bond acceptors (Lipinski definition) is 6. The van der Waals surface area contributed by atoms with Gasteiger partial charge in [0.15, 0.2) is 0 Å². The minimum atomic E-state index is -0.964. The number of allylic oxidation sites excluding steroid dienone is 3. The third-order valence-electron chi connectivity index (χ3n) is 6.29. The second-order valence-corrected chi connectivity index (χ2v) is 9.00. The molecule has 1 aliphatic carbocycles. The molecule has 7 heteroatoms. The van der Waals surface area contributed by atoms with Crippen molar-refractivity contribution >= 4 is 34.3 Å². The average molecular weight is 449 g/mol. The molecule has 4 rings (SSSR count). The molecule has 1 aliphatic heterocycles. The summed E-state index contributed by atoms with van der Waals surface area (Å²) >= 11 is 0. The average Bonchev–Trinajstić information content (AvgIpc) is 2.84. The molecule has 0 unspecified atom stereocenters. The SMILES string of the molecule is CCOC(=O)[C@@]1(c2cc3cnc(NC(=O)C(C)C)cc3c(N3CCCCC3)n2)C=CC=CC1. The number of nitrogens with one attached hydrogen (secondary N) is 1. The summed E-state index contributed by atoms with van der Waals surface area (Å²) in [5.74, 6) is 0.827. The van der Waals surface area contributed by atoms with E-state index < -0.39 is 5.41 Å². The van der Waals surface area contributed by atoms with E-state index in [9.17, 15) is 9.59 Å². The van der Waals surface area contributed by atoms with Gasteiger partial charge in [0.25, 0.3) is 0 Å². The number of pyridine rings is 2. The Labute approximate surface area is 194 Å². The maximum absolute atomic E-state index is 13.2. The van der Waals surface area contributed by atoms with Crippen LogP contribution >= 0.6 is 0 Å². The maximum atomic E-state index is 13.2. The molecule has 174 valence electrons. The van der Waals surface area contributed by atoms with Gasteiger partial charge in [-0.1, -0.05) is 38.2 Å². The quantitative estimate of drug-likeness (QED) is 0.654. The minimum absolute atomic E-state index is 0.0775. The van der Waals surface area contributed by atoms with E-state index in [1.165, 1.54) is 6.42 Å². The Balaban J connectivity index is 1.86. The number of fused-ring (bicyclic) bond motifs is 1. The van der Waals surface area contributed by atoms with Crippen LogP contribution in [0.25, 0.3) is 10.8 Å². The Morgan fingerprint density at radius 2 is 1.97 bits per heavy atom. The van der Waals surface area contributed by atoms with Crippen molar-refractivity contribution in [2.75, 3.05) is 29.9 Å². The smallest absolute Gasteiger partial charge is 0.322 e. The standard InChI is InChI=1S/C26H32N4O3/c1-4-33-25(32)26(11-7-5-8-12-26)21-15-19-17-27-22(29-24(31)18(2)3)16-20(19)23(28-21)30-13-9-6-10-14-30/h5,7-8,11,15-18H,4,6,9-10,12-14H2,1-3H3,(H,27,29,31)/t26-/m0/s1. The number of aromatic nitrogens is 2. The van der Waals surface area contributed by atoms with Gasteiger partial charge >= 0.3 is 5.97 Å². The number of esters is 1. The molecule has 3 heterocycles. The summed E-state index contributed by atoms with van der Waals surface area (Å²) in [7, 11) is 0. The highest BCUT2D eigenvalue weighted by Gasteiger charge is 2.41. The van der Waals surface area contributed by atoms with Crippen molar-refractivity contribution in [1.29, 1.82) is 0 Å². The minimum Gasteiger partial charge on any atom is -0.465 e. The third kappa shape index (κ3) is 4.63. The van der Waals surface area contributed by atoms with Crippen molar-refractivity contribution in [2.24, 2.45) is 5.92 Å². The predicted molar refractivity (Wildman–Crippen MR) is 130 cm³/mol. The van der Waals surface area contributed by atoms with E-state index in [1.54, 1.807) is 6.20 Å². The van der Waals surface area contributed by atoms with Gasteiger partial charge in [-0.15, -0.1) is 0 Å². The van der Waals surface area contributed by atoms with E-state index >= 15 is 0 Å². The Kier molecular flexibility index (Phi) is 6.77. The first-order valence-electron chi connectivity index (χ1n) is 11.8. The summed E-state index contributed by atoms with van der Waals surface area (Å²) in [6, 6.07) is 3.83.